The lowest BCUT2D eigenvalue weighted by molar-refractivity contribution is -0.117. The zero-order valence-corrected chi connectivity index (χ0v) is 11.9. The number of anilines is 1. The number of hydrogen-bond acceptors (Lipinski definition) is 3. The van der Waals surface area contributed by atoms with Crippen LogP contribution in [0, 0.1) is 3.57 Å². The van der Waals surface area contributed by atoms with Gasteiger partial charge in [-0.1, -0.05) is 0 Å². The summed E-state index contributed by atoms with van der Waals surface area (Å²) in [5.41, 5.74) is 5.10. The molecule has 102 valence electrons. The predicted octanol–water partition coefficient (Wildman–Crippen LogP) is 0.986. The number of carboxylic acids is 1. The zero-order valence-electron chi connectivity index (χ0n) is 9.77. The summed E-state index contributed by atoms with van der Waals surface area (Å²) in [4.78, 5) is 33.0. The molecular weight excluding hydrogens is 365 g/mol. The number of rotatable bonds is 5. The van der Waals surface area contributed by atoms with Gasteiger partial charge in [-0.3, -0.25) is 4.79 Å². The minimum Gasteiger partial charge on any atom is -0.478 e. The third-order valence-electron chi connectivity index (χ3n) is 2.12. The van der Waals surface area contributed by atoms with Crippen LogP contribution in [0.5, 0.6) is 0 Å². The minimum absolute atomic E-state index is 0.00282. The second kappa shape index (κ2) is 6.92. The van der Waals surface area contributed by atoms with Crippen LogP contribution in [-0.2, 0) is 4.79 Å². The van der Waals surface area contributed by atoms with Gasteiger partial charge in [0, 0.05) is 16.5 Å². The van der Waals surface area contributed by atoms with Crippen molar-refractivity contribution in [2.75, 3.05) is 11.9 Å². The summed E-state index contributed by atoms with van der Waals surface area (Å²) in [7, 11) is 0. The second-order valence-electron chi connectivity index (χ2n) is 3.59. The van der Waals surface area contributed by atoms with Crippen LogP contribution in [-0.4, -0.2) is 29.6 Å². The highest BCUT2D eigenvalue weighted by Crippen LogP contribution is 2.18. The molecule has 0 fully saturated rings. The molecule has 5 N–H and O–H groups in total. The molecule has 0 saturated carbocycles. The third kappa shape index (κ3) is 5.12. The van der Waals surface area contributed by atoms with Crippen molar-refractivity contribution in [1.82, 2.24) is 5.32 Å². The van der Waals surface area contributed by atoms with E-state index in [0.717, 1.165) is 3.57 Å². The van der Waals surface area contributed by atoms with Crippen LogP contribution in [0.3, 0.4) is 0 Å². The Bertz CT molecular complexity index is 519. The Morgan fingerprint density at radius 3 is 2.58 bits per heavy atom. The fraction of sp³-hybridized carbons (Fsp3) is 0.182. The number of carbonyl (C=O) groups excluding carboxylic acids is 2. The van der Waals surface area contributed by atoms with Crippen LogP contribution in [0.1, 0.15) is 16.8 Å². The van der Waals surface area contributed by atoms with Gasteiger partial charge in [0.2, 0.25) is 5.91 Å². The summed E-state index contributed by atoms with van der Waals surface area (Å²) in [6, 6.07) is 4.03. The number of nitrogens with two attached hydrogens (primary N) is 1. The molecule has 8 heteroatoms. The van der Waals surface area contributed by atoms with Crippen molar-refractivity contribution < 1.29 is 19.5 Å². The Kier molecular flexibility index (Phi) is 5.55. The van der Waals surface area contributed by atoms with Crippen molar-refractivity contribution in [3.05, 3.63) is 27.3 Å². The van der Waals surface area contributed by atoms with Crippen LogP contribution in [0.4, 0.5) is 10.5 Å². The Hall–Kier alpha value is -1.84. The molecule has 0 aliphatic heterocycles. The summed E-state index contributed by atoms with van der Waals surface area (Å²) in [5, 5.41) is 13.8. The van der Waals surface area contributed by atoms with Crippen molar-refractivity contribution in [3.63, 3.8) is 0 Å². The normalized spacial score (nSPS) is 9.74. The predicted molar refractivity (Wildman–Crippen MR) is 77.0 cm³/mol. The number of aromatic carboxylic acids is 1. The summed E-state index contributed by atoms with van der Waals surface area (Å²) in [5.74, 6) is -1.66. The van der Waals surface area contributed by atoms with E-state index in [0.29, 0.717) is 0 Å². The summed E-state index contributed by atoms with van der Waals surface area (Å²) in [6.45, 7) is 0.0912. The van der Waals surface area contributed by atoms with E-state index >= 15 is 0 Å². The molecule has 1 aromatic carbocycles. The maximum absolute atomic E-state index is 11.5. The molecule has 1 rings (SSSR count). The zero-order chi connectivity index (χ0) is 14.4. The molecule has 3 amide bonds. The van der Waals surface area contributed by atoms with E-state index in [9.17, 15) is 14.4 Å². The fourth-order valence-corrected chi connectivity index (χ4v) is 1.76. The van der Waals surface area contributed by atoms with Gasteiger partial charge in [0.15, 0.2) is 0 Å². The first-order chi connectivity index (χ1) is 8.90. The lowest BCUT2D eigenvalue weighted by atomic mass is 10.2. The van der Waals surface area contributed by atoms with E-state index in [1.807, 2.05) is 22.6 Å². The van der Waals surface area contributed by atoms with Crippen LogP contribution in [0.2, 0.25) is 0 Å². The topological polar surface area (TPSA) is 122 Å². The molecule has 19 heavy (non-hydrogen) atoms. The smallest absolute Gasteiger partial charge is 0.337 e. The first kappa shape index (κ1) is 15.2. The van der Waals surface area contributed by atoms with Gasteiger partial charge in [0.25, 0.3) is 0 Å². The number of urea groups is 1. The number of hydrogen-bond donors (Lipinski definition) is 4. The molecule has 0 saturated heterocycles. The lowest BCUT2D eigenvalue weighted by Gasteiger charge is -2.09. The monoisotopic (exact) mass is 377 g/mol. The quantitative estimate of drug-likeness (QED) is 0.572. The van der Waals surface area contributed by atoms with Gasteiger partial charge in [-0.15, -0.1) is 0 Å². The van der Waals surface area contributed by atoms with E-state index in [-0.39, 0.29) is 24.2 Å². The van der Waals surface area contributed by atoms with Crippen molar-refractivity contribution in [2.24, 2.45) is 5.73 Å². The van der Waals surface area contributed by atoms with E-state index in [1.54, 1.807) is 6.07 Å². The first-order valence-corrected chi connectivity index (χ1v) is 6.34. The van der Waals surface area contributed by atoms with Gasteiger partial charge in [-0.2, -0.15) is 0 Å². The largest absolute Gasteiger partial charge is 0.478 e. The molecule has 0 radical (unpaired) electrons. The van der Waals surface area contributed by atoms with Crippen LogP contribution < -0.4 is 16.4 Å². The number of halogens is 1. The van der Waals surface area contributed by atoms with Gasteiger partial charge >= 0.3 is 12.0 Å². The summed E-state index contributed by atoms with van der Waals surface area (Å²) < 4.78 is 0.745. The number of carboxylic acid groups (broad SMARTS) is 1. The van der Waals surface area contributed by atoms with Gasteiger partial charge in [-0.05, 0) is 40.8 Å². The SMILES string of the molecule is NC(=O)CCNC(=O)Nc1ccc(I)cc1C(=O)O. The maximum atomic E-state index is 11.5. The Morgan fingerprint density at radius 1 is 1.32 bits per heavy atom. The van der Waals surface area contributed by atoms with E-state index < -0.39 is 17.9 Å². The second-order valence-corrected chi connectivity index (χ2v) is 4.84. The summed E-state index contributed by atoms with van der Waals surface area (Å²) >= 11 is 1.98. The average molecular weight is 377 g/mol. The molecule has 0 aliphatic rings. The van der Waals surface area contributed by atoms with Crippen molar-refractivity contribution in [3.8, 4) is 0 Å². The van der Waals surface area contributed by atoms with Crippen molar-refractivity contribution in [1.29, 1.82) is 0 Å². The van der Waals surface area contributed by atoms with Crippen LogP contribution >= 0.6 is 22.6 Å². The van der Waals surface area contributed by atoms with E-state index in [1.165, 1.54) is 12.1 Å². The summed E-state index contributed by atoms with van der Waals surface area (Å²) in [6.07, 6.45) is 0.0197. The molecule has 0 spiro atoms. The number of benzene rings is 1. The number of primary amides is 1. The number of carbonyl (C=O) groups is 3. The molecular formula is C11H12IN3O4. The van der Waals surface area contributed by atoms with Gasteiger partial charge in [0.1, 0.15) is 0 Å². The Morgan fingerprint density at radius 2 is 2.00 bits per heavy atom. The average Bonchev–Trinajstić information content (AvgIpc) is 2.30. The highest BCUT2D eigenvalue weighted by molar-refractivity contribution is 14.1. The molecule has 0 heterocycles. The molecule has 0 atom stereocenters. The number of amides is 3. The number of nitrogens with one attached hydrogen (secondary N) is 2. The minimum atomic E-state index is -1.13. The highest BCUT2D eigenvalue weighted by atomic mass is 127. The maximum Gasteiger partial charge on any atom is 0.337 e. The molecule has 0 aromatic heterocycles. The van der Waals surface area contributed by atoms with Gasteiger partial charge < -0.3 is 21.5 Å². The molecule has 0 aliphatic carbocycles. The van der Waals surface area contributed by atoms with Crippen LogP contribution in [0.25, 0.3) is 0 Å². The van der Waals surface area contributed by atoms with Crippen LogP contribution in [0.15, 0.2) is 18.2 Å². The first-order valence-electron chi connectivity index (χ1n) is 5.26. The molecule has 0 bridgehead atoms. The molecule has 1 aromatic rings. The Balaban J connectivity index is 2.68. The van der Waals surface area contributed by atoms with E-state index in [4.69, 9.17) is 10.8 Å². The molecule has 0 unspecified atom stereocenters. The van der Waals surface area contributed by atoms with Crippen molar-refractivity contribution in [2.45, 2.75) is 6.42 Å². The fourth-order valence-electron chi connectivity index (χ4n) is 1.27. The highest BCUT2D eigenvalue weighted by Gasteiger charge is 2.12. The Labute approximate surface area is 122 Å². The van der Waals surface area contributed by atoms with Gasteiger partial charge in [0.05, 0.1) is 11.3 Å². The lowest BCUT2D eigenvalue weighted by Crippen LogP contribution is -2.32. The van der Waals surface area contributed by atoms with Crippen molar-refractivity contribution >= 4 is 46.2 Å². The standard InChI is InChI=1S/C11H12IN3O4/c12-6-1-2-8(7(5-6)10(17)18)15-11(19)14-4-3-9(13)16/h1-2,5H,3-4H2,(H2,13,16)(H,17,18)(H2,14,15,19). The third-order valence-corrected chi connectivity index (χ3v) is 2.79. The van der Waals surface area contributed by atoms with E-state index in [2.05, 4.69) is 10.6 Å². The molecule has 7 nitrogen and oxygen atoms in total. The van der Waals surface area contributed by atoms with Gasteiger partial charge in [-0.25, -0.2) is 9.59 Å².